The first-order chi connectivity index (χ1) is 9.03. The second kappa shape index (κ2) is 5.58. The number of amides is 1. The van der Waals surface area contributed by atoms with Gasteiger partial charge in [-0.15, -0.1) is 0 Å². The van der Waals surface area contributed by atoms with Gasteiger partial charge in [-0.05, 0) is 24.6 Å². The Morgan fingerprint density at radius 2 is 2.26 bits per heavy atom. The van der Waals surface area contributed by atoms with Crippen LogP contribution in [0.15, 0.2) is 24.3 Å². The Labute approximate surface area is 111 Å². The summed E-state index contributed by atoms with van der Waals surface area (Å²) in [5.74, 6) is -0.167. The monoisotopic (exact) mass is 285 g/mol. The van der Waals surface area contributed by atoms with Crippen molar-refractivity contribution in [1.82, 2.24) is 4.72 Å². The van der Waals surface area contributed by atoms with Crippen molar-refractivity contribution in [2.75, 3.05) is 20.3 Å². The zero-order valence-electron chi connectivity index (χ0n) is 10.5. The number of ether oxygens (including phenoxy) is 2. The lowest BCUT2D eigenvalue weighted by atomic mass is 10.2. The van der Waals surface area contributed by atoms with Crippen LogP contribution in [0.1, 0.15) is 16.8 Å². The number of carbonyl (C=O) groups excluding carboxylic acids is 1. The molecule has 1 unspecified atom stereocenters. The first-order valence-corrected chi connectivity index (χ1v) is 7.35. The number of benzene rings is 1. The number of carbonyl (C=O) groups is 1. The average Bonchev–Trinajstić information content (AvgIpc) is 2.93. The highest BCUT2D eigenvalue weighted by molar-refractivity contribution is 7.90. The molecule has 1 aromatic carbocycles. The molecule has 1 saturated heterocycles. The van der Waals surface area contributed by atoms with Gasteiger partial charge in [0.1, 0.15) is 11.0 Å². The highest BCUT2D eigenvalue weighted by atomic mass is 32.2. The van der Waals surface area contributed by atoms with Gasteiger partial charge in [0.05, 0.1) is 13.7 Å². The Balaban J connectivity index is 2.11. The second-order valence-electron chi connectivity index (χ2n) is 4.19. The zero-order valence-corrected chi connectivity index (χ0v) is 11.3. The van der Waals surface area contributed by atoms with Crippen LogP contribution in [-0.2, 0) is 14.8 Å². The third-order valence-corrected chi connectivity index (χ3v) is 4.61. The van der Waals surface area contributed by atoms with E-state index in [1.54, 1.807) is 12.1 Å². The van der Waals surface area contributed by atoms with Crippen molar-refractivity contribution in [2.24, 2.45) is 0 Å². The van der Waals surface area contributed by atoms with Crippen LogP contribution in [-0.4, -0.2) is 39.9 Å². The Morgan fingerprint density at radius 1 is 1.47 bits per heavy atom. The quantitative estimate of drug-likeness (QED) is 0.873. The van der Waals surface area contributed by atoms with Gasteiger partial charge in [0.2, 0.25) is 10.0 Å². The number of methoxy groups -OCH3 is 1. The van der Waals surface area contributed by atoms with Crippen LogP contribution in [0, 0.1) is 0 Å². The maximum Gasteiger partial charge on any atom is 0.264 e. The summed E-state index contributed by atoms with van der Waals surface area (Å²) in [6.45, 7) is 0.527. The van der Waals surface area contributed by atoms with Gasteiger partial charge in [-0.1, -0.05) is 6.07 Å². The third-order valence-electron chi connectivity index (χ3n) is 2.89. The average molecular weight is 285 g/mol. The van der Waals surface area contributed by atoms with Crippen LogP contribution in [0.4, 0.5) is 0 Å². The van der Waals surface area contributed by atoms with E-state index in [1.165, 1.54) is 19.2 Å². The lowest BCUT2D eigenvalue weighted by Gasteiger charge is -2.11. The first kappa shape index (κ1) is 13.8. The molecule has 0 radical (unpaired) electrons. The standard InChI is InChI=1S/C12H15NO5S/c1-17-10-4-2-3-9(7-10)12(14)13-19(15,16)11-5-6-18-8-11/h2-4,7,11H,5-6,8H2,1H3,(H,13,14). The van der Waals surface area contributed by atoms with Gasteiger partial charge in [0, 0.05) is 12.2 Å². The fraction of sp³-hybridized carbons (Fsp3) is 0.417. The van der Waals surface area contributed by atoms with Crippen molar-refractivity contribution in [3.8, 4) is 5.75 Å². The van der Waals surface area contributed by atoms with Gasteiger partial charge in [-0.3, -0.25) is 4.79 Å². The van der Waals surface area contributed by atoms with Crippen LogP contribution in [0.3, 0.4) is 0 Å². The summed E-state index contributed by atoms with van der Waals surface area (Å²) in [7, 11) is -2.22. The molecule has 0 aromatic heterocycles. The van der Waals surface area contributed by atoms with E-state index in [0.717, 1.165) is 0 Å². The van der Waals surface area contributed by atoms with Crippen molar-refractivity contribution in [2.45, 2.75) is 11.7 Å². The molecule has 0 saturated carbocycles. The Kier molecular flexibility index (Phi) is 4.06. The van der Waals surface area contributed by atoms with Crippen molar-refractivity contribution in [3.63, 3.8) is 0 Å². The molecular weight excluding hydrogens is 270 g/mol. The molecule has 2 rings (SSSR count). The van der Waals surface area contributed by atoms with Crippen molar-refractivity contribution < 1.29 is 22.7 Å². The van der Waals surface area contributed by atoms with Crippen molar-refractivity contribution >= 4 is 15.9 Å². The predicted molar refractivity (Wildman–Crippen MR) is 68.6 cm³/mol. The van der Waals surface area contributed by atoms with E-state index in [0.29, 0.717) is 18.8 Å². The van der Waals surface area contributed by atoms with E-state index >= 15 is 0 Å². The number of sulfonamides is 1. The molecule has 19 heavy (non-hydrogen) atoms. The van der Waals surface area contributed by atoms with Crippen molar-refractivity contribution in [3.05, 3.63) is 29.8 Å². The summed E-state index contributed by atoms with van der Waals surface area (Å²) < 4.78 is 35.9. The molecule has 6 nitrogen and oxygen atoms in total. The first-order valence-electron chi connectivity index (χ1n) is 5.80. The van der Waals surface area contributed by atoms with E-state index < -0.39 is 21.2 Å². The van der Waals surface area contributed by atoms with Gasteiger partial charge in [0.15, 0.2) is 0 Å². The van der Waals surface area contributed by atoms with E-state index in [-0.39, 0.29) is 12.2 Å². The Morgan fingerprint density at radius 3 is 2.89 bits per heavy atom. The molecule has 104 valence electrons. The predicted octanol–water partition coefficient (Wildman–Crippen LogP) is 0.544. The van der Waals surface area contributed by atoms with Gasteiger partial charge in [-0.2, -0.15) is 0 Å². The smallest absolute Gasteiger partial charge is 0.264 e. The van der Waals surface area contributed by atoms with Crippen molar-refractivity contribution in [1.29, 1.82) is 0 Å². The summed E-state index contributed by atoms with van der Waals surface area (Å²) in [6, 6.07) is 6.31. The lowest BCUT2D eigenvalue weighted by Crippen LogP contribution is -2.38. The van der Waals surface area contributed by atoms with E-state index in [2.05, 4.69) is 4.72 Å². The second-order valence-corrected chi connectivity index (χ2v) is 6.15. The molecule has 1 fully saturated rings. The number of nitrogens with one attached hydrogen (secondary N) is 1. The summed E-state index contributed by atoms with van der Waals surface area (Å²) in [6.07, 6.45) is 0.403. The Bertz CT molecular complexity index is 563. The SMILES string of the molecule is COc1cccc(C(=O)NS(=O)(=O)C2CCOC2)c1. The lowest BCUT2D eigenvalue weighted by molar-refractivity contribution is 0.0980. The van der Waals surface area contributed by atoms with Crippen LogP contribution < -0.4 is 9.46 Å². The molecule has 1 aromatic rings. The number of hydrogen-bond acceptors (Lipinski definition) is 5. The molecule has 0 aliphatic carbocycles. The minimum Gasteiger partial charge on any atom is -0.497 e. The normalized spacial score (nSPS) is 19.1. The topological polar surface area (TPSA) is 81.7 Å². The highest BCUT2D eigenvalue weighted by Gasteiger charge is 2.31. The molecule has 1 atom stereocenters. The van der Waals surface area contributed by atoms with Gasteiger partial charge in [0.25, 0.3) is 5.91 Å². The third kappa shape index (κ3) is 3.24. The maximum atomic E-state index is 11.9. The van der Waals surface area contributed by atoms with Gasteiger partial charge in [-0.25, -0.2) is 13.1 Å². The maximum absolute atomic E-state index is 11.9. The van der Waals surface area contributed by atoms with E-state index in [9.17, 15) is 13.2 Å². The van der Waals surface area contributed by atoms with Crippen LogP contribution in [0.25, 0.3) is 0 Å². The zero-order chi connectivity index (χ0) is 13.9. The molecule has 0 spiro atoms. The molecule has 0 bridgehead atoms. The molecule has 1 heterocycles. The fourth-order valence-electron chi connectivity index (χ4n) is 1.79. The number of rotatable bonds is 4. The largest absolute Gasteiger partial charge is 0.497 e. The molecule has 1 aliphatic rings. The molecule has 1 aliphatic heterocycles. The summed E-state index contributed by atoms with van der Waals surface area (Å²) >= 11 is 0. The minimum absolute atomic E-state index is 0.126. The van der Waals surface area contributed by atoms with Gasteiger partial charge >= 0.3 is 0 Å². The fourth-order valence-corrected chi connectivity index (χ4v) is 3.02. The summed E-state index contributed by atoms with van der Waals surface area (Å²) in [5, 5.41) is -0.665. The van der Waals surface area contributed by atoms with E-state index in [1.807, 2.05) is 0 Å². The Hall–Kier alpha value is -1.60. The molecular formula is C12H15NO5S. The molecule has 1 amide bonds. The van der Waals surface area contributed by atoms with E-state index in [4.69, 9.17) is 9.47 Å². The number of hydrogen-bond donors (Lipinski definition) is 1. The summed E-state index contributed by atoms with van der Waals surface area (Å²) in [5.41, 5.74) is 0.238. The summed E-state index contributed by atoms with van der Waals surface area (Å²) in [4.78, 5) is 11.9. The molecule has 1 N–H and O–H groups in total. The minimum atomic E-state index is -3.69. The highest BCUT2D eigenvalue weighted by Crippen LogP contribution is 2.15. The van der Waals surface area contributed by atoms with Crippen LogP contribution in [0.5, 0.6) is 5.75 Å². The van der Waals surface area contributed by atoms with Gasteiger partial charge < -0.3 is 9.47 Å². The van der Waals surface area contributed by atoms with Crippen LogP contribution in [0.2, 0.25) is 0 Å². The van der Waals surface area contributed by atoms with Crippen LogP contribution >= 0.6 is 0 Å². The molecule has 7 heteroatoms.